The minimum absolute atomic E-state index is 0.221. The molecule has 0 radical (unpaired) electrons. The lowest BCUT2D eigenvalue weighted by Crippen LogP contribution is -2.29. The summed E-state index contributed by atoms with van der Waals surface area (Å²) in [6, 6.07) is 7.79. The van der Waals surface area contributed by atoms with Crippen LogP contribution in [0.3, 0.4) is 0 Å². The van der Waals surface area contributed by atoms with Crippen molar-refractivity contribution in [3.63, 3.8) is 0 Å². The zero-order valence-electron chi connectivity index (χ0n) is 11.2. The van der Waals surface area contributed by atoms with Crippen molar-refractivity contribution in [3.05, 3.63) is 51.7 Å². The SMILES string of the molecule is Oc1ccc2c(c1)C(NCC(O)c1ccsc1)CCC2. The molecule has 3 rings (SSSR count). The molecule has 0 bridgehead atoms. The van der Waals surface area contributed by atoms with Gasteiger partial charge in [0.25, 0.3) is 0 Å². The summed E-state index contributed by atoms with van der Waals surface area (Å²) in [5.41, 5.74) is 3.44. The highest BCUT2D eigenvalue weighted by atomic mass is 32.1. The molecule has 0 aliphatic heterocycles. The average Bonchev–Trinajstić information content (AvgIpc) is 2.99. The molecule has 2 aromatic rings. The number of rotatable bonds is 4. The van der Waals surface area contributed by atoms with E-state index in [-0.39, 0.29) is 6.04 Å². The predicted molar refractivity (Wildman–Crippen MR) is 81.1 cm³/mol. The van der Waals surface area contributed by atoms with Crippen LogP contribution in [0.5, 0.6) is 5.75 Å². The van der Waals surface area contributed by atoms with E-state index in [2.05, 4.69) is 5.32 Å². The second kappa shape index (κ2) is 5.95. The zero-order valence-corrected chi connectivity index (χ0v) is 12.1. The Morgan fingerprint density at radius 2 is 2.25 bits per heavy atom. The van der Waals surface area contributed by atoms with Gasteiger partial charge in [-0.3, -0.25) is 0 Å². The number of aromatic hydroxyl groups is 1. The molecular formula is C16H19NO2S. The van der Waals surface area contributed by atoms with Crippen LogP contribution >= 0.6 is 11.3 Å². The number of benzene rings is 1. The third-order valence-corrected chi connectivity index (χ3v) is 4.63. The quantitative estimate of drug-likeness (QED) is 0.810. The van der Waals surface area contributed by atoms with Crippen LogP contribution in [0.15, 0.2) is 35.0 Å². The standard InChI is InChI=1S/C16H19NO2S/c18-13-5-4-11-2-1-3-15(14(11)8-13)17-9-16(19)12-6-7-20-10-12/h4-8,10,15-19H,1-3,9H2. The molecule has 3 N–H and O–H groups in total. The molecule has 106 valence electrons. The van der Waals surface area contributed by atoms with Crippen LogP contribution < -0.4 is 5.32 Å². The molecule has 3 nitrogen and oxygen atoms in total. The van der Waals surface area contributed by atoms with E-state index in [4.69, 9.17) is 0 Å². The molecule has 1 aromatic heterocycles. The largest absolute Gasteiger partial charge is 0.508 e. The van der Waals surface area contributed by atoms with Gasteiger partial charge in [0, 0.05) is 12.6 Å². The zero-order chi connectivity index (χ0) is 13.9. The van der Waals surface area contributed by atoms with E-state index in [9.17, 15) is 10.2 Å². The Bertz CT molecular complexity index is 568. The first-order valence-corrected chi connectivity index (χ1v) is 7.93. The van der Waals surface area contributed by atoms with Crippen LogP contribution in [0.4, 0.5) is 0 Å². The maximum Gasteiger partial charge on any atom is 0.115 e. The second-order valence-electron chi connectivity index (χ2n) is 5.31. The number of aryl methyl sites for hydroxylation is 1. The number of hydrogen-bond donors (Lipinski definition) is 3. The minimum Gasteiger partial charge on any atom is -0.508 e. The van der Waals surface area contributed by atoms with E-state index in [1.54, 1.807) is 17.4 Å². The third kappa shape index (κ3) is 2.87. The lowest BCUT2D eigenvalue weighted by atomic mass is 9.87. The molecular weight excluding hydrogens is 270 g/mol. The van der Waals surface area contributed by atoms with Gasteiger partial charge in [-0.2, -0.15) is 11.3 Å². The topological polar surface area (TPSA) is 52.5 Å². The van der Waals surface area contributed by atoms with E-state index in [1.807, 2.05) is 29.0 Å². The maximum absolute atomic E-state index is 10.1. The Kier molecular flexibility index (Phi) is 4.05. The van der Waals surface area contributed by atoms with Crippen LogP contribution in [0.2, 0.25) is 0 Å². The normalized spacial score (nSPS) is 19.6. The third-order valence-electron chi connectivity index (χ3n) is 3.93. The second-order valence-corrected chi connectivity index (χ2v) is 6.09. The molecule has 2 unspecified atom stereocenters. The Hall–Kier alpha value is -1.36. The lowest BCUT2D eigenvalue weighted by molar-refractivity contribution is 0.168. The molecule has 0 saturated heterocycles. The summed E-state index contributed by atoms with van der Waals surface area (Å²) in [5, 5.41) is 27.2. The Morgan fingerprint density at radius 3 is 3.05 bits per heavy atom. The predicted octanol–water partition coefficient (Wildman–Crippen LogP) is 3.15. The van der Waals surface area contributed by atoms with Gasteiger partial charge in [-0.05, 0) is 64.9 Å². The first-order valence-electron chi connectivity index (χ1n) is 6.99. The highest BCUT2D eigenvalue weighted by molar-refractivity contribution is 7.07. The number of phenolic OH excluding ortho intramolecular Hbond substituents is 1. The minimum atomic E-state index is -0.469. The summed E-state index contributed by atoms with van der Waals surface area (Å²) in [7, 11) is 0. The van der Waals surface area contributed by atoms with Crippen LogP contribution in [0.25, 0.3) is 0 Å². The Labute approximate surface area is 122 Å². The first-order chi connectivity index (χ1) is 9.74. The number of thiophene rings is 1. The van der Waals surface area contributed by atoms with Crippen molar-refractivity contribution in [3.8, 4) is 5.75 Å². The summed E-state index contributed by atoms with van der Waals surface area (Å²) >= 11 is 1.60. The number of aliphatic hydroxyl groups excluding tert-OH is 1. The van der Waals surface area contributed by atoms with Gasteiger partial charge in [0.2, 0.25) is 0 Å². The van der Waals surface area contributed by atoms with E-state index < -0.39 is 6.10 Å². The van der Waals surface area contributed by atoms with Gasteiger partial charge in [-0.25, -0.2) is 0 Å². The van der Waals surface area contributed by atoms with Gasteiger partial charge < -0.3 is 15.5 Å². The summed E-state index contributed by atoms with van der Waals surface area (Å²) in [4.78, 5) is 0. The number of phenols is 1. The molecule has 0 spiro atoms. The molecule has 0 fully saturated rings. The van der Waals surface area contributed by atoms with Crippen LogP contribution in [-0.2, 0) is 6.42 Å². The number of nitrogens with one attached hydrogen (secondary N) is 1. The first kappa shape index (κ1) is 13.6. The molecule has 1 aromatic carbocycles. The number of fused-ring (bicyclic) bond motifs is 1. The van der Waals surface area contributed by atoms with Crippen LogP contribution in [0.1, 0.15) is 41.7 Å². The Morgan fingerprint density at radius 1 is 1.35 bits per heavy atom. The van der Waals surface area contributed by atoms with E-state index in [1.165, 1.54) is 11.1 Å². The lowest BCUT2D eigenvalue weighted by Gasteiger charge is -2.27. The fourth-order valence-corrected chi connectivity index (χ4v) is 3.54. The van der Waals surface area contributed by atoms with E-state index in [0.29, 0.717) is 12.3 Å². The smallest absolute Gasteiger partial charge is 0.115 e. The number of hydrogen-bond acceptors (Lipinski definition) is 4. The summed E-state index contributed by atoms with van der Waals surface area (Å²) in [6.07, 6.45) is 2.79. The highest BCUT2D eigenvalue weighted by Gasteiger charge is 2.21. The van der Waals surface area contributed by atoms with Crippen molar-refractivity contribution >= 4 is 11.3 Å². The van der Waals surface area contributed by atoms with Gasteiger partial charge >= 0.3 is 0 Å². The molecule has 2 atom stereocenters. The van der Waals surface area contributed by atoms with Gasteiger partial charge in [-0.15, -0.1) is 0 Å². The molecule has 1 heterocycles. The van der Waals surface area contributed by atoms with Gasteiger partial charge in [0.1, 0.15) is 5.75 Å². The summed E-state index contributed by atoms with van der Waals surface area (Å²) in [5.74, 6) is 0.316. The van der Waals surface area contributed by atoms with Crippen LogP contribution in [0, 0.1) is 0 Å². The molecule has 0 amide bonds. The van der Waals surface area contributed by atoms with Crippen LogP contribution in [-0.4, -0.2) is 16.8 Å². The van der Waals surface area contributed by atoms with Crippen molar-refractivity contribution in [2.45, 2.75) is 31.4 Å². The van der Waals surface area contributed by atoms with Crippen molar-refractivity contribution in [1.82, 2.24) is 5.32 Å². The summed E-state index contributed by atoms with van der Waals surface area (Å²) in [6.45, 7) is 0.538. The van der Waals surface area contributed by atoms with Crippen molar-refractivity contribution in [2.75, 3.05) is 6.54 Å². The fraction of sp³-hybridized carbons (Fsp3) is 0.375. The fourth-order valence-electron chi connectivity index (χ4n) is 2.83. The maximum atomic E-state index is 10.1. The molecule has 0 saturated carbocycles. The average molecular weight is 289 g/mol. The molecule has 20 heavy (non-hydrogen) atoms. The van der Waals surface area contributed by atoms with Gasteiger partial charge in [-0.1, -0.05) is 6.07 Å². The van der Waals surface area contributed by atoms with Crippen molar-refractivity contribution in [2.24, 2.45) is 0 Å². The van der Waals surface area contributed by atoms with Gasteiger partial charge in [0.05, 0.1) is 6.10 Å². The monoisotopic (exact) mass is 289 g/mol. The van der Waals surface area contributed by atoms with E-state index in [0.717, 1.165) is 24.8 Å². The molecule has 1 aliphatic carbocycles. The highest BCUT2D eigenvalue weighted by Crippen LogP contribution is 2.32. The molecule has 1 aliphatic rings. The molecule has 4 heteroatoms. The van der Waals surface area contributed by atoms with Gasteiger partial charge in [0.15, 0.2) is 0 Å². The van der Waals surface area contributed by atoms with E-state index >= 15 is 0 Å². The summed E-state index contributed by atoms with van der Waals surface area (Å²) < 4.78 is 0. The van der Waals surface area contributed by atoms with Crippen molar-refractivity contribution in [1.29, 1.82) is 0 Å². The Balaban J connectivity index is 1.69. The van der Waals surface area contributed by atoms with Crippen molar-refractivity contribution < 1.29 is 10.2 Å². The number of aliphatic hydroxyl groups is 1.